The number of alkyl halides is 3. The Hall–Kier alpha value is -1.32. The zero-order valence-corrected chi connectivity index (χ0v) is 11.2. The minimum absolute atomic E-state index is 0.0633. The van der Waals surface area contributed by atoms with Crippen molar-refractivity contribution in [1.82, 2.24) is 9.97 Å². The highest BCUT2D eigenvalue weighted by Crippen LogP contribution is 2.17. The highest BCUT2D eigenvalue weighted by Gasteiger charge is 2.27. The van der Waals surface area contributed by atoms with E-state index >= 15 is 0 Å². The van der Waals surface area contributed by atoms with E-state index in [0.717, 1.165) is 0 Å². The number of aromatic nitrogens is 2. The molecule has 20 heavy (non-hydrogen) atoms. The Balaban J connectivity index is 2.60. The lowest BCUT2D eigenvalue weighted by Gasteiger charge is -2.23. The second-order valence-corrected chi connectivity index (χ2v) is 4.17. The maximum atomic E-state index is 11.9. The van der Waals surface area contributed by atoms with Crippen LogP contribution in [-0.4, -0.2) is 54.2 Å². The van der Waals surface area contributed by atoms with E-state index in [0.29, 0.717) is 5.82 Å². The average Bonchev–Trinajstić information content (AvgIpc) is 2.30. The molecule has 1 aromatic heterocycles. The molecule has 0 unspecified atom stereocenters. The molecule has 0 fully saturated rings. The summed E-state index contributed by atoms with van der Waals surface area (Å²) in [7, 11) is 0. The molecule has 0 bridgehead atoms. The van der Waals surface area contributed by atoms with Crippen LogP contribution in [0.1, 0.15) is 0 Å². The van der Waals surface area contributed by atoms with Crippen LogP contribution >= 0.6 is 11.6 Å². The van der Waals surface area contributed by atoms with Crippen LogP contribution in [0.5, 0.6) is 0 Å². The third kappa shape index (κ3) is 6.22. The average molecular weight is 315 g/mol. The van der Waals surface area contributed by atoms with Crippen LogP contribution in [0.25, 0.3) is 0 Å². The SMILES string of the molecule is Nc1nc(Cl)cc(N(CCO)CCOCC(F)(F)F)n1. The highest BCUT2D eigenvalue weighted by molar-refractivity contribution is 6.29. The van der Waals surface area contributed by atoms with Gasteiger partial charge >= 0.3 is 6.18 Å². The smallest absolute Gasteiger partial charge is 0.395 e. The molecule has 0 aliphatic carbocycles. The fourth-order valence-corrected chi connectivity index (χ4v) is 1.59. The van der Waals surface area contributed by atoms with Gasteiger partial charge < -0.3 is 20.5 Å². The van der Waals surface area contributed by atoms with Crippen molar-refractivity contribution >= 4 is 23.4 Å². The third-order valence-corrected chi connectivity index (χ3v) is 2.36. The van der Waals surface area contributed by atoms with Crippen molar-refractivity contribution in [3.63, 3.8) is 0 Å². The summed E-state index contributed by atoms with van der Waals surface area (Å²) in [5, 5.41) is 9.06. The van der Waals surface area contributed by atoms with E-state index in [1.54, 1.807) is 0 Å². The van der Waals surface area contributed by atoms with Crippen molar-refractivity contribution in [3.8, 4) is 0 Å². The van der Waals surface area contributed by atoms with E-state index in [1.165, 1.54) is 11.0 Å². The highest BCUT2D eigenvalue weighted by atomic mass is 35.5. The van der Waals surface area contributed by atoms with Crippen molar-refractivity contribution in [2.45, 2.75) is 6.18 Å². The van der Waals surface area contributed by atoms with Gasteiger partial charge in [0.25, 0.3) is 0 Å². The summed E-state index contributed by atoms with van der Waals surface area (Å²) in [6.07, 6.45) is -4.37. The van der Waals surface area contributed by atoms with Crippen LogP contribution in [0.4, 0.5) is 24.9 Å². The van der Waals surface area contributed by atoms with E-state index in [-0.39, 0.29) is 37.4 Å². The summed E-state index contributed by atoms with van der Waals surface area (Å²) < 4.78 is 40.3. The van der Waals surface area contributed by atoms with E-state index in [1.807, 2.05) is 0 Å². The first-order chi connectivity index (χ1) is 9.31. The Morgan fingerprint density at radius 3 is 2.60 bits per heavy atom. The summed E-state index contributed by atoms with van der Waals surface area (Å²) in [4.78, 5) is 9.07. The number of aliphatic hydroxyl groups excluding tert-OH is 1. The van der Waals surface area contributed by atoms with Gasteiger partial charge in [-0.3, -0.25) is 0 Å². The lowest BCUT2D eigenvalue weighted by atomic mass is 10.4. The summed E-state index contributed by atoms with van der Waals surface area (Å²) >= 11 is 5.72. The number of ether oxygens (including phenoxy) is 1. The van der Waals surface area contributed by atoms with Crippen molar-refractivity contribution in [2.75, 3.05) is 43.5 Å². The third-order valence-electron chi connectivity index (χ3n) is 2.16. The maximum absolute atomic E-state index is 11.9. The number of hydrogen-bond donors (Lipinski definition) is 2. The summed E-state index contributed by atoms with van der Waals surface area (Å²) in [6, 6.07) is 1.40. The molecule has 0 amide bonds. The molecule has 0 saturated heterocycles. The van der Waals surface area contributed by atoms with Crippen molar-refractivity contribution in [1.29, 1.82) is 0 Å². The van der Waals surface area contributed by atoms with Crippen molar-refractivity contribution in [3.05, 3.63) is 11.2 Å². The number of nitrogens with two attached hydrogens (primary N) is 1. The molecule has 1 rings (SSSR count). The van der Waals surface area contributed by atoms with Crippen LogP contribution in [0.15, 0.2) is 6.07 Å². The molecule has 0 atom stereocenters. The van der Waals surface area contributed by atoms with E-state index in [9.17, 15) is 13.2 Å². The number of anilines is 2. The number of nitrogen functional groups attached to an aromatic ring is 1. The number of rotatable bonds is 7. The van der Waals surface area contributed by atoms with Gasteiger partial charge in [-0.25, -0.2) is 4.98 Å². The molecular weight excluding hydrogens is 301 g/mol. The van der Waals surface area contributed by atoms with Gasteiger partial charge in [0, 0.05) is 19.2 Å². The fourth-order valence-electron chi connectivity index (χ4n) is 1.41. The molecule has 114 valence electrons. The van der Waals surface area contributed by atoms with E-state index in [4.69, 9.17) is 22.4 Å². The second-order valence-electron chi connectivity index (χ2n) is 3.79. The number of aliphatic hydroxyl groups is 1. The standard InChI is InChI=1S/C10H14ClF3N4O2/c11-7-5-8(17-9(15)16-7)18(1-3-19)2-4-20-6-10(12,13)14/h5,19H,1-4,6H2,(H2,15,16,17). The molecule has 0 aliphatic rings. The minimum Gasteiger partial charge on any atom is -0.395 e. The molecule has 10 heteroatoms. The summed E-state index contributed by atoms with van der Waals surface area (Å²) in [6.45, 7) is -1.46. The van der Waals surface area contributed by atoms with Gasteiger partial charge in [-0.1, -0.05) is 11.6 Å². The molecule has 0 aliphatic heterocycles. The quantitative estimate of drug-likeness (QED) is 0.579. The molecule has 0 saturated carbocycles. The minimum atomic E-state index is -4.37. The van der Waals surface area contributed by atoms with Crippen LogP contribution in [-0.2, 0) is 4.74 Å². The first-order valence-electron chi connectivity index (χ1n) is 5.62. The Kier molecular flexibility index (Phi) is 6.24. The predicted molar refractivity (Wildman–Crippen MR) is 67.6 cm³/mol. The van der Waals surface area contributed by atoms with Crippen LogP contribution in [0.2, 0.25) is 5.15 Å². The van der Waals surface area contributed by atoms with Gasteiger partial charge in [0.15, 0.2) is 0 Å². The summed E-state index contributed by atoms with van der Waals surface area (Å²) in [5.74, 6) is 0.249. The van der Waals surface area contributed by atoms with Gasteiger partial charge in [0.05, 0.1) is 13.2 Å². The molecule has 0 aromatic carbocycles. The molecule has 1 heterocycles. The number of halogens is 4. The molecule has 0 spiro atoms. The Morgan fingerprint density at radius 2 is 2.05 bits per heavy atom. The molecule has 1 aromatic rings. The zero-order valence-electron chi connectivity index (χ0n) is 10.4. The zero-order chi connectivity index (χ0) is 15.2. The van der Waals surface area contributed by atoms with Crippen LogP contribution in [0, 0.1) is 0 Å². The first-order valence-corrected chi connectivity index (χ1v) is 6.00. The number of nitrogens with zero attached hydrogens (tertiary/aromatic N) is 3. The fraction of sp³-hybridized carbons (Fsp3) is 0.600. The van der Waals surface area contributed by atoms with Crippen LogP contribution < -0.4 is 10.6 Å². The molecular formula is C10H14ClF3N4O2. The lowest BCUT2D eigenvalue weighted by Crippen LogP contribution is -2.32. The predicted octanol–water partition coefficient (Wildman–Crippen LogP) is 1.09. The van der Waals surface area contributed by atoms with Gasteiger partial charge in [0.2, 0.25) is 5.95 Å². The summed E-state index contributed by atoms with van der Waals surface area (Å²) in [5.41, 5.74) is 5.43. The van der Waals surface area contributed by atoms with Gasteiger partial charge in [-0.05, 0) is 0 Å². The topological polar surface area (TPSA) is 84.5 Å². The molecule has 0 radical (unpaired) electrons. The Labute approximate surface area is 118 Å². The first kappa shape index (κ1) is 16.7. The van der Waals surface area contributed by atoms with Gasteiger partial charge in [-0.15, -0.1) is 0 Å². The maximum Gasteiger partial charge on any atom is 0.411 e. The largest absolute Gasteiger partial charge is 0.411 e. The second kappa shape index (κ2) is 7.46. The lowest BCUT2D eigenvalue weighted by molar-refractivity contribution is -0.173. The van der Waals surface area contributed by atoms with Crippen molar-refractivity contribution < 1.29 is 23.0 Å². The normalized spacial score (nSPS) is 11.7. The van der Waals surface area contributed by atoms with Crippen molar-refractivity contribution in [2.24, 2.45) is 0 Å². The molecule has 6 nitrogen and oxygen atoms in total. The van der Waals surface area contributed by atoms with Gasteiger partial charge in [-0.2, -0.15) is 18.2 Å². The Morgan fingerprint density at radius 1 is 1.35 bits per heavy atom. The number of hydrogen-bond acceptors (Lipinski definition) is 6. The Bertz CT molecular complexity index is 413. The van der Waals surface area contributed by atoms with E-state index in [2.05, 4.69) is 14.7 Å². The van der Waals surface area contributed by atoms with E-state index < -0.39 is 12.8 Å². The van der Waals surface area contributed by atoms with Crippen LogP contribution in [0.3, 0.4) is 0 Å². The van der Waals surface area contributed by atoms with Gasteiger partial charge in [0.1, 0.15) is 17.6 Å². The molecule has 3 N–H and O–H groups in total. The monoisotopic (exact) mass is 314 g/mol.